The first-order valence-electron chi connectivity index (χ1n) is 8.43. The van der Waals surface area contributed by atoms with Gasteiger partial charge in [0.25, 0.3) is 11.8 Å². The highest BCUT2D eigenvalue weighted by molar-refractivity contribution is 6.21. The molecule has 0 spiro atoms. The summed E-state index contributed by atoms with van der Waals surface area (Å²) in [5, 5.41) is 0. The molecule has 2 amide bonds. The Labute approximate surface area is 148 Å². The molecular weight excluding hydrogens is 314 g/mol. The molecule has 0 unspecified atom stereocenters. The molecule has 0 bridgehead atoms. The molecule has 0 N–H and O–H groups in total. The van der Waals surface area contributed by atoms with E-state index < -0.39 is 5.54 Å². The zero-order valence-corrected chi connectivity index (χ0v) is 15.1. The van der Waals surface area contributed by atoms with Crippen LogP contribution in [0, 0.1) is 13.8 Å². The van der Waals surface area contributed by atoms with Gasteiger partial charge in [-0.2, -0.15) is 0 Å². The third kappa shape index (κ3) is 3.22. The van der Waals surface area contributed by atoms with E-state index in [0.717, 1.165) is 5.56 Å². The lowest BCUT2D eigenvalue weighted by atomic mass is 10.0. The second-order valence-corrected chi connectivity index (χ2v) is 7.23. The van der Waals surface area contributed by atoms with E-state index in [1.165, 1.54) is 16.0 Å². The molecule has 2 aromatic rings. The van der Waals surface area contributed by atoms with Crippen LogP contribution in [0.15, 0.2) is 42.5 Å². The number of amides is 2. The molecular formula is C21H23NO3. The van der Waals surface area contributed by atoms with Gasteiger partial charge in [-0.3, -0.25) is 14.5 Å². The molecule has 0 fully saturated rings. The van der Waals surface area contributed by atoms with E-state index in [9.17, 15) is 9.59 Å². The summed E-state index contributed by atoms with van der Waals surface area (Å²) in [6.07, 6.45) is 0. The van der Waals surface area contributed by atoms with Crippen molar-refractivity contribution in [2.45, 2.75) is 39.8 Å². The standard InChI is InChI=1S/C21H23NO3/c1-14-9-10-16(15(2)11-14)12-25-13-21(3,4)22-19(23)17-7-5-6-8-18(17)20(22)24/h5-11H,12-13H2,1-4H3. The zero-order chi connectivity index (χ0) is 18.2. The average Bonchev–Trinajstić information content (AvgIpc) is 2.82. The maximum atomic E-state index is 12.6. The molecule has 25 heavy (non-hydrogen) atoms. The molecule has 3 rings (SSSR count). The van der Waals surface area contributed by atoms with Gasteiger partial charge < -0.3 is 4.74 Å². The lowest BCUT2D eigenvalue weighted by Crippen LogP contribution is -2.50. The van der Waals surface area contributed by atoms with Gasteiger partial charge in [0.1, 0.15) is 0 Å². The summed E-state index contributed by atoms with van der Waals surface area (Å²) in [7, 11) is 0. The SMILES string of the molecule is Cc1ccc(COCC(C)(C)N2C(=O)c3ccccc3C2=O)c(C)c1. The maximum Gasteiger partial charge on any atom is 0.262 e. The quantitative estimate of drug-likeness (QED) is 0.778. The summed E-state index contributed by atoms with van der Waals surface area (Å²) >= 11 is 0. The van der Waals surface area contributed by atoms with E-state index in [4.69, 9.17) is 4.74 Å². The van der Waals surface area contributed by atoms with Crippen LogP contribution in [0.2, 0.25) is 0 Å². The minimum absolute atomic E-state index is 0.249. The number of ether oxygens (including phenoxy) is 1. The van der Waals surface area contributed by atoms with Crippen LogP contribution in [0.25, 0.3) is 0 Å². The highest BCUT2D eigenvalue weighted by atomic mass is 16.5. The third-order valence-corrected chi connectivity index (χ3v) is 4.61. The van der Waals surface area contributed by atoms with E-state index >= 15 is 0 Å². The van der Waals surface area contributed by atoms with Crippen LogP contribution in [-0.4, -0.2) is 28.9 Å². The number of carbonyl (C=O) groups excluding carboxylic acids is 2. The summed E-state index contributed by atoms with van der Waals surface area (Å²) < 4.78 is 5.87. The van der Waals surface area contributed by atoms with Gasteiger partial charge in [0.15, 0.2) is 0 Å². The molecule has 0 saturated carbocycles. The van der Waals surface area contributed by atoms with Crippen molar-refractivity contribution in [1.29, 1.82) is 0 Å². The molecule has 1 aliphatic rings. The Bertz CT molecular complexity index is 804. The number of imide groups is 1. The van der Waals surface area contributed by atoms with Crippen LogP contribution < -0.4 is 0 Å². The minimum atomic E-state index is -0.716. The van der Waals surface area contributed by atoms with Gasteiger partial charge in [0, 0.05) is 0 Å². The second kappa shape index (κ2) is 6.45. The number of aryl methyl sites for hydroxylation is 2. The van der Waals surface area contributed by atoms with Gasteiger partial charge in [-0.15, -0.1) is 0 Å². The number of carbonyl (C=O) groups is 2. The topological polar surface area (TPSA) is 46.6 Å². The monoisotopic (exact) mass is 337 g/mol. The van der Waals surface area contributed by atoms with Crippen LogP contribution in [0.5, 0.6) is 0 Å². The molecule has 0 atom stereocenters. The number of rotatable bonds is 5. The Hall–Kier alpha value is -2.46. The van der Waals surface area contributed by atoms with Crippen LogP contribution in [0.4, 0.5) is 0 Å². The fourth-order valence-electron chi connectivity index (χ4n) is 3.22. The Morgan fingerprint density at radius 3 is 2.12 bits per heavy atom. The summed E-state index contributed by atoms with van der Waals surface area (Å²) in [6.45, 7) is 8.57. The first-order valence-corrected chi connectivity index (χ1v) is 8.43. The van der Waals surface area contributed by atoms with Crippen LogP contribution in [0.1, 0.15) is 51.3 Å². The van der Waals surface area contributed by atoms with Gasteiger partial charge >= 0.3 is 0 Å². The van der Waals surface area contributed by atoms with E-state index in [-0.39, 0.29) is 18.4 Å². The van der Waals surface area contributed by atoms with Crippen molar-refractivity contribution in [3.63, 3.8) is 0 Å². The lowest BCUT2D eigenvalue weighted by molar-refractivity contribution is 0.0117. The number of fused-ring (bicyclic) bond motifs is 1. The van der Waals surface area contributed by atoms with Crippen LogP contribution >= 0.6 is 0 Å². The zero-order valence-electron chi connectivity index (χ0n) is 15.1. The van der Waals surface area contributed by atoms with E-state index in [1.54, 1.807) is 24.3 Å². The van der Waals surface area contributed by atoms with Gasteiger partial charge in [-0.25, -0.2) is 0 Å². The molecule has 2 aromatic carbocycles. The van der Waals surface area contributed by atoms with E-state index in [1.807, 2.05) is 13.8 Å². The minimum Gasteiger partial charge on any atom is -0.374 e. The van der Waals surface area contributed by atoms with Crippen molar-refractivity contribution in [2.24, 2.45) is 0 Å². The summed E-state index contributed by atoms with van der Waals surface area (Å²) in [5.41, 5.74) is 3.73. The first kappa shape index (κ1) is 17.4. The highest BCUT2D eigenvalue weighted by Gasteiger charge is 2.43. The van der Waals surface area contributed by atoms with Crippen molar-refractivity contribution in [3.8, 4) is 0 Å². The number of nitrogens with zero attached hydrogens (tertiary/aromatic N) is 1. The molecule has 1 aliphatic heterocycles. The summed E-state index contributed by atoms with van der Waals surface area (Å²) in [5.74, 6) is -0.499. The van der Waals surface area contributed by atoms with Crippen LogP contribution in [-0.2, 0) is 11.3 Å². The molecule has 0 radical (unpaired) electrons. The first-order chi connectivity index (χ1) is 11.8. The molecule has 0 aliphatic carbocycles. The molecule has 1 heterocycles. The molecule has 4 heteroatoms. The molecule has 4 nitrogen and oxygen atoms in total. The van der Waals surface area contributed by atoms with Gasteiger partial charge in [0.2, 0.25) is 0 Å². The fourth-order valence-corrected chi connectivity index (χ4v) is 3.22. The van der Waals surface area contributed by atoms with E-state index in [0.29, 0.717) is 17.7 Å². The molecule has 0 saturated heterocycles. The summed E-state index contributed by atoms with van der Waals surface area (Å²) in [4.78, 5) is 26.6. The van der Waals surface area contributed by atoms with Gasteiger partial charge in [-0.1, -0.05) is 35.9 Å². The number of hydrogen-bond acceptors (Lipinski definition) is 3. The van der Waals surface area contributed by atoms with Crippen molar-refractivity contribution in [1.82, 2.24) is 4.90 Å². The average molecular weight is 337 g/mol. The normalized spacial score (nSPS) is 14.2. The maximum absolute atomic E-state index is 12.6. The van der Waals surface area contributed by atoms with Gasteiger partial charge in [0.05, 0.1) is 29.9 Å². The largest absolute Gasteiger partial charge is 0.374 e. The van der Waals surface area contributed by atoms with Crippen LogP contribution in [0.3, 0.4) is 0 Å². The van der Waals surface area contributed by atoms with Crippen molar-refractivity contribution < 1.29 is 14.3 Å². The predicted molar refractivity (Wildman–Crippen MR) is 96.6 cm³/mol. The van der Waals surface area contributed by atoms with Crippen molar-refractivity contribution in [2.75, 3.05) is 6.61 Å². The Morgan fingerprint density at radius 1 is 0.960 bits per heavy atom. The Kier molecular flexibility index (Phi) is 4.48. The van der Waals surface area contributed by atoms with E-state index in [2.05, 4.69) is 32.0 Å². The smallest absolute Gasteiger partial charge is 0.262 e. The second-order valence-electron chi connectivity index (χ2n) is 7.23. The predicted octanol–water partition coefficient (Wildman–Crippen LogP) is 3.89. The molecule has 0 aromatic heterocycles. The Morgan fingerprint density at radius 2 is 1.56 bits per heavy atom. The number of hydrogen-bond donors (Lipinski definition) is 0. The third-order valence-electron chi connectivity index (χ3n) is 4.61. The van der Waals surface area contributed by atoms with Crippen molar-refractivity contribution >= 4 is 11.8 Å². The summed E-state index contributed by atoms with van der Waals surface area (Å²) in [6, 6.07) is 13.2. The van der Waals surface area contributed by atoms with Gasteiger partial charge in [-0.05, 0) is 51.0 Å². The Balaban J connectivity index is 1.70. The lowest BCUT2D eigenvalue weighted by Gasteiger charge is -2.33. The highest BCUT2D eigenvalue weighted by Crippen LogP contribution is 2.29. The fraction of sp³-hybridized carbons (Fsp3) is 0.333. The molecule has 130 valence electrons. The number of benzene rings is 2. The van der Waals surface area contributed by atoms with Crippen molar-refractivity contribution in [3.05, 3.63) is 70.3 Å².